The fraction of sp³-hybridized carbons (Fsp3) is 0.250. The van der Waals surface area contributed by atoms with Gasteiger partial charge in [-0.25, -0.2) is 9.78 Å². The topological polar surface area (TPSA) is 80.2 Å². The molecule has 7 nitrogen and oxygen atoms in total. The highest BCUT2D eigenvalue weighted by Gasteiger charge is 2.30. The molecule has 1 fully saturated rings. The van der Waals surface area contributed by atoms with Gasteiger partial charge in [-0.2, -0.15) is 18.3 Å². The maximum Gasteiger partial charge on any atom is 0.417 e. The molecule has 0 radical (unpaired) electrons. The number of hydrogen-bond donors (Lipinski definition) is 1. The van der Waals surface area contributed by atoms with Crippen LogP contribution in [0.3, 0.4) is 0 Å². The summed E-state index contributed by atoms with van der Waals surface area (Å²) in [4.78, 5) is 18.0. The maximum atomic E-state index is 12.7. The average molecular weight is 469 g/mol. The molecule has 0 spiro atoms. The Bertz CT molecular complexity index is 1170. The van der Waals surface area contributed by atoms with E-state index >= 15 is 0 Å². The summed E-state index contributed by atoms with van der Waals surface area (Å²) < 4.78 is 43.7. The van der Waals surface area contributed by atoms with Crippen LogP contribution in [0.15, 0.2) is 66.5 Å². The lowest BCUT2D eigenvalue weighted by Gasteiger charge is -2.33. The highest BCUT2D eigenvalue weighted by Crippen LogP contribution is 2.31. The van der Waals surface area contributed by atoms with Crippen LogP contribution >= 0.6 is 0 Å². The number of pyridine rings is 1. The molecular weight excluding hydrogens is 447 g/mol. The van der Waals surface area contributed by atoms with E-state index in [0.717, 1.165) is 17.8 Å². The third-order valence-corrected chi connectivity index (χ3v) is 5.39. The number of urea groups is 1. The van der Waals surface area contributed by atoms with Crippen molar-refractivity contribution in [1.29, 1.82) is 0 Å². The van der Waals surface area contributed by atoms with E-state index < -0.39 is 11.7 Å². The van der Waals surface area contributed by atoms with E-state index in [4.69, 9.17) is 4.74 Å². The molecule has 3 heterocycles. The summed E-state index contributed by atoms with van der Waals surface area (Å²) in [5.41, 5.74) is 1.25. The van der Waals surface area contributed by atoms with Gasteiger partial charge in [0.25, 0.3) is 0 Å². The number of rotatable bonds is 4. The Hall–Kier alpha value is -3.95. The Morgan fingerprint density at radius 3 is 2.74 bits per heavy atom. The molecule has 1 atom stereocenters. The number of piperidine rings is 1. The highest BCUT2D eigenvalue weighted by molar-refractivity contribution is 5.88. The van der Waals surface area contributed by atoms with Crippen LogP contribution < -0.4 is 10.1 Å². The molecule has 1 aliphatic rings. The molecule has 0 saturated carbocycles. The van der Waals surface area contributed by atoms with Gasteiger partial charge in [0.1, 0.15) is 5.75 Å². The molecule has 176 valence electrons. The number of aromatic nitrogens is 3. The van der Waals surface area contributed by atoms with Gasteiger partial charge in [-0.05, 0) is 48.2 Å². The largest absolute Gasteiger partial charge is 0.439 e. The summed E-state index contributed by atoms with van der Waals surface area (Å²) in [6, 6.07) is 12.5. The smallest absolute Gasteiger partial charge is 0.417 e. The summed E-state index contributed by atoms with van der Waals surface area (Å²) in [7, 11) is 0. The van der Waals surface area contributed by atoms with Crippen LogP contribution in [0.4, 0.5) is 23.8 Å². The second-order valence-electron chi connectivity index (χ2n) is 7.91. The summed E-state index contributed by atoms with van der Waals surface area (Å²) in [6.07, 6.45) is 0.601. The standard InChI is InChI=1S/C24H22F3N5O2/c1-16-15-32(23(33)30-21-6-3-10-29-31-21)11-9-18(16)12-17-4-2-5-20(13-17)34-22-8-7-19(14-28-22)24(25,26)27/h2-8,10,12-14,16H,9,11,15H2,1H3,(H,30,31,33)/b18-12+. The molecule has 1 unspecified atom stereocenters. The number of alkyl halides is 3. The van der Waals surface area contributed by atoms with E-state index in [9.17, 15) is 18.0 Å². The number of anilines is 1. The van der Waals surface area contributed by atoms with Gasteiger partial charge in [0.15, 0.2) is 5.82 Å². The number of halogens is 3. The molecule has 4 rings (SSSR count). The van der Waals surface area contributed by atoms with Gasteiger partial charge in [-0.3, -0.25) is 5.32 Å². The van der Waals surface area contributed by atoms with Crippen LogP contribution in [-0.2, 0) is 6.18 Å². The Kier molecular flexibility index (Phi) is 6.76. The number of ether oxygens (including phenoxy) is 1. The Labute approximate surface area is 194 Å². The minimum Gasteiger partial charge on any atom is -0.439 e. The second kappa shape index (κ2) is 9.90. The van der Waals surface area contributed by atoms with Gasteiger partial charge in [0.2, 0.25) is 5.88 Å². The third-order valence-electron chi connectivity index (χ3n) is 5.39. The first kappa shape index (κ1) is 23.2. The number of nitrogens with one attached hydrogen (secondary N) is 1. The molecule has 34 heavy (non-hydrogen) atoms. The third kappa shape index (κ3) is 5.89. The molecule has 1 aromatic carbocycles. The van der Waals surface area contributed by atoms with E-state index in [-0.39, 0.29) is 17.8 Å². The van der Waals surface area contributed by atoms with Crippen LogP contribution in [0.5, 0.6) is 11.6 Å². The van der Waals surface area contributed by atoms with Crippen molar-refractivity contribution in [3.05, 3.63) is 77.6 Å². The monoisotopic (exact) mass is 469 g/mol. The normalized spacial score (nSPS) is 17.5. The molecule has 2 amide bonds. The van der Waals surface area contributed by atoms with Crippen molar-refractivity contribution in [3.63, 3.8) is 0 Å². The number of hydrogen-bond acceptors (Lipinski definition) is 5. The van der Waals surface area contributed by atoms with E-state index in [1.54, 1.807) is 35.2 Å². The van der Waals surface area contributed by atoms with E-state index in [0.29, 0.717) is 31.1 Å². The molecule has 2 aromatic heterocycles. The average Bonchev–Trinajstić information content (AvgIpc) is 2.81. The van der Waals surface area contributed by atoms with Gasteiger partial charge in [-0.15, -0.1) is 5.10 Å². The number of carbonyl (C=O) groups excluding carboxylic acids is 1. The first-order valence-corrected chi connectivity index (χ1v) is 10.6. The predicted octanol–water partition coefficient (Wildman–Crippen LogP) is 5.64. The minimum absolute atomic E-state index is 0.0774. The summed E-state index contributed by atoms with van der Waals surface area (Å²) in [6.45, 7) is 3.18. The number of amides is 2. The molecule has 0 aliphatic carbocycles. The lowest BCUT2D eigenvalue weighted by atomic mass is 9.91. The van der Waals surface area contributed by atoms with Crippen molar-refractivity contribution in [2.75, 3.05) is 18.4 Å². The zero-order chi connectivity index (χ0) is 24.1. The second-order valence-corrected chi connectivity index (χ2v) is 7.91. The zero-order valence-corrected chi connectivity index (χ0v) is 18.3. The highest BCUT2D eigenvalue weighted by atomic mass is 19.4. The molecular formula is C24H22F3N5O2. The fourth-order valence-corrected chi connectivity index (χ4v) is 3.62. The number of benzene rings is 1. The Balaban J connectivity index is 1.39. The quantitative estimate of drug-likeness (QED) is 0.535. The van der Waals surface area contributed by atoms with E-state index in [2.05, 4.69) is 33.5 Å². The minimum atomic E-state index is -4.44. The summed E-state index contributed by atoms with van der Waals surface area (Å²) in [5, 5.41) is 10.4. The van der Waals surface area contributed by atoms with Crippen LogP contribution in [0.1, 0.15) is 24.5 Å². The summed E-state index contributed by atoms with van der Waals surface area (Å²) in [5.74, 6) is 1.09. The van der Waals surface area contributed by atoms with Gasteiger partial charge in [0.05, 0.1) is 5.56 Å². The van der Waals surface area contributed by atoms with Crippen molar-refractivity contribution in [2.24, 2.45) is 5.92 Å². The lowest BCUT2D eigenvalue weighted by Crippen LogP contribution is -2.42. The van der Waals surface area contributed by atoms with E-state index in [1.807, 2.05) is 6.07 Å². The lowest BCUT2D eigenvalue weighted by molar-refractivity contribution is -0.137. The first-order valence-electron chi connectivity index (χ1n) is 10.6. The van der Waals surface area contributed by atoms with Crippen LogP contribution in [0, 0.1) is 5.92 Å². The van der Waals surface area contributed by atoms with Crippen molar-refractivity contribution < 1.29 is 22.7 Å². The Morgan fingerprint density at radius 1 is 1.21 bits per heavy atom. The number of likely N-dealkylation sites (tertiary alicyclic amines) is 1. The molecule has 3 aromatic rings. The molecule has 0 bridgehead atoms. The Morgan fingerprint density at radius 2 is 2.06 bits per heavy atom. The molecule has 10 heteroatoms. The number of carbonyl (C=O) groups is 1. The van der Waals surface area contributed by atoms with Crippen molar-refractivity contribution in [2.45, 2.75) is 19.5 Å². The van der Waals surface area contributed by atoms with Crippen LogP contribution in [0.25, 0.3) is 6.08 Å². The van der Waals surface area contributed by atoms with Crippen molar-refractivity contribution in [3.8, 4) is 11.6 Å². The predicted molar refractivity (Wildman–Crippen MR) is 120 cm³/mol. The first-order chi connectivity index (χ1) is 16.3. The van der Waals surface area contributed by atoms with Crippen LogP contribution in [-0.4, -0.2) is 39.2 Å². The van der Waals surface area contributed by atoms with Crippen molar-refractivity contribution >= 4 is 17.9 Å². The molecule has 1 N–H and O–H groups in total. The summed E-state index contributed by atoms with van der Waals surface area (Å²) >= 11 is 0. The van der Waals surface area contributed by atoms with Crippen LogP contribution in [0.2, 0.25) is 0 Å². The van der Waals surface area contributed by atoms with E-state index in [1.165, 1.54) is 17.8 Å². The SMILES string of the molecule is CC1CN(C(=O)Nc2cccnn2)CC/C1=C\c1cccc(Oc2ccc(C(F)(F)F)cn2)c1. The van der Waals surface area contributed by atoms with Gasteiger partial charge >= 0.3 is 12.2 Å². The zero-order valence-electron chi connectivity index (χ0n) is 18.3. The van der Waals surface area contributed by atoms with Crippen molar-refractivity contribution in [1.82, 2.24) is 20.1 Å². The number of nitrogens with zero attached hydrogens (tertiary/aromatic N) is 4. The van der Waals surface area contributed by atoms with Gasteiger partial charge in [-0.1, -0.05) is 30.7 Å². The molecule has 1 saturated heterocycles. The van der Waals surface area contributed by atoms with Gasteiger partial charge in [0, 0.05) is 31.5 Å². The maximum absolute atomic E-state index is 12.7. The van der Waals surface area contributed by atoms with Gasteiger partial charge < -0.3 is 9.64 Å². The molecule has 1 aliphatic heterocycles. The fourth-order valence-electron chi connectivity index (χ4n) is 3.62.